The number of anilines is 2. The Labute approximate surface area is 222 Å². The van der Waals surface area contributed by atoms with Crippen molar-refractivity contribution < 1.29 is 9.59 Å². The highest BCUT2D eigenvalue weighted by Crippen LogP contribution is 2.34. The molecule has 0 bridgehead atoms. The molecule has 0 spiro atoms. The number of hydrogen-bond donors (Lipinski definition) is 1. The fraction of sp³-hybridized carbons (Fsp3) is 0.276. The van der Waals surface area contributed by atoms with E-state index in [-0.39, 0.29) is 24.3 Å². The number of fused-ring (bicyclic) bond motifs is 1. The number of benzodiazepines with no additional fused rings is 1. The van der Waals surface area contributed by atoms with E-state index in [0.29, 0.717) is 38.3 Å². The topological polar surface area (TPSA) is 61.8 Å². The van der Waals surface area contributed by atoms with Crippen LogP contribution in [0.5, 0.6) is 0 Å². The van der Waals surface area contributed by atoms with E-state index in [1.807, 2.05) is 56.3 Å². The number of carbonyl (C=O) groups excluding carboxylic acids is 2. The van der Waals surface area contributed by atoms with Gasteiger partial charge >= 0.3 is 0 Å². The van der Waals surface area contributed by atoms with Crippen LogP contribution in [0.25, 0.3) is 0 Å². The summed E-state index contributed by atoms with van der Waals surface area (Å²) >= 11 is 13.0. The first-order valence-electron chi connectivity index (χ1n) is 12.1. The average molecular weight is 522 g/mol. The Morgan fingerprint density at radius 3 is 2.53 bits per heavy atom. The van der Waals surface area contributed by atoms with Gasteiger partial charge in [0.05, 0.1) is 11.4 Å². The molecule has 4 rings (SSSR count). The predicted molar refractivity (Wildman–Crippen MR) is 149 cm³/mol. The Hall–Kier alpha value is -3.15. The van der Waals surface area contributed by atoms with Crippen LogP contribution in [0.4, 0.5) is 11.4 Å². The molecule has 1 N–H and O–H groups in total. The van der Waals surface area contributed by atoms with Crippen LogP contribution in [-0.2, 0) is 16.0 Å². The van der Waals surface area contributed by atoms with Gasteiger partial charge in [-0.25, -0.2) is 0 Å². The summed E-state index contributed by atoms with van der Waals surface area (Å²) < 4.78 is 0. The maximum absolute atomic E-state index is 13.9. The molecular formula is C29H29Cl2N3O2. The molecule has 0 aromatic heterocycles. The number of aryl methyl sites for hydroxylation is 1. The number of aliphatic imine (C=N–C) groups is 1. The molecule has 186 valence electrons. The van der Waals surface area contributed by atoms with Crippen molar-refractivity contribution in [3.05, 3.63) is 93.5 Å². The number of hydrogen-bond acceptors (Lipinski definition) is 3. The van der Waals surface area contributed by atoms with Crippen LogP contribution >= 0.6 is 23.2 Å². The lowest BCUT2D eigenvalue weighted by Gasteiger charge is -2.26. The van der Waals surface area contributed by atoms with Gasteiger partial charge in [0.25, 0.3) is 5.91 Å². The molecule has 1 aliphatic heterocycles. The number of benzene rings is 3. The summed E-state index contributed by atoms with van der Waals surface area (Å²) in [6.45, 7) is 5.93. The Balaban J connectivity index is 1.79. The van der Waals surface area contributed by atoms with Crippen molar-refractivity contribution in [2.75, 3.05) is 16.8 Å². The number of nitrogens with zero attached hydrogens (tertiary/aromatic N) is 2. The zero-order valence-corrected chi connectivity index (χ0v) is 22.1. The second-order valence-electron chi connectivity index (χ2n) is 8.98. The third-order valence-corrected chi connectivity index (χ3v) is 7.09. The Morgan fingerprint density at radius 1 is 1.03 bits per heavy atom. The third kappa shape index (κ3) is 5.48. The lowest BCUT2D eigenvalue weighted by molar-refractivity contribution is -0.123. The van der Waals surface area contributed by atoms with Crippen molar-refractivity contribution >= 4 is 52.1 Å². The Bertz CT molecular complexity index is 1320. The van der Waals surface area contributed by atoms with Crippen LogP contribution in [0, 0.1) is 5.92 Å². The molecule has 5 nitrogen and oxygen atoms in total. The molecule has 0 aliphatic carbocycles. The first-order chi connectivity index (χ1) is 17.3. The SMILES string of the molecule is CCc1cccc(NC(=O)CN2C(=O)[C@@H]([C@@H](C)CC)N=C(c3ccccc3Cl)c3cc(Cl)ccc32)c1. The zero-order chi connectivity index (χ0) is 25.8. The molecule has 0 unspecified atom stereocenters. The number of rotatable bonds is 7. The molecule has 0 saturated heterocycles. The zero-order valence-electron chi connectivity index (χ0n) is 20.6. The van der Waals surface area contributed by atoms with Crippen molar-refractivity contribution in [2.24, 2.45) is 10.9 Å². The van der Waals surface area contributed by atoms with Crippen molar-refractivity contribution in [3.63, 3.8) is 0 Å². The molecule has 3 aromatic rings. The monoisotopic (exact) mass is 521 g/mol. The third-order valence-electron chi connectivity index (χ3n) is 6.52. The minimum Gasteiger partial charge on any atom is -0.325 e. The summed E-state index contributed by atoms with van der Waals surface area (Å²) in [6, 6.07) is 19.7. The van der Waals surface area contributed by atoms with Crippen LogP contribution in [0.3, 0.4) is 0 Å². The van der Waals surface area contributed by atoms with Gasteiger partial charge in [-0.3, -0.25) is 14.6 Å². The fourth-order valence-electron chi connectivity index (χ4n) is 4.31. The highest BCUT2D eigenvalue weighted by Gasteiger charge is 2.36. The molecule has 1 heterocycles. The van der Waals surface area contributed by atoms with Gasteiger partial charge < -0.3 is 10.2 Å². The normalized spacial score (nSPS) is 16.1. The summed E-state index contributed by atoms with van der Waals surface area (Å²) in [4.78, 5) is 33.6. The largest absolute Gasteiger partial charge is 0.325 e. The summed E-state index contributed by atoms with van der Waals surface area (Å²) in [5.41, 5.74) is 4.36. The second kappa shape index (κ2) is 11.3. The van der Waals surface area contributed by atoms with Gasteiger partial charge in [0.2, 0.25) is 5.91 Å². The van der Waals surface area contributed by atoms with Crippen molar-refractivity contribution in [3.8, 4) is 0 Å². The summed E-state index contributed by atoms with van der Waals surface area (Å²) in [6.07, 6.45) is 1.61. The fourth-order valence-corrected chi connectivity index (χ4v) is 4.71. The highest BCUT2D eigenvalue weighted by molar-refractivity contribution is 6.37. The van der Waals surface area contributed by atoms with Crippen molar-refractivity contribution in [2.45, 2.75) is 39.7 Å². The van der Waals surface area contributed by atoms with E-state index in [0.717, 1.165) is 18.4 Å². The summed E-state index contributed by atoms with van der Waals surface area (Å²) in [5, 5.41) is 3.97. The summed E-state index contributed by atoms with van der Waals surface area (Å²) in [5.74, 6) is -0.569. The van der Waals surface area contributed by atoms with Gasteiger partial charge in [0.15, 0.2) is 0 Å². The second-order valence-corrected chi connectivity index (χ2v) is 9.82. The molecular weight excluding hydrogens is 493 g/mol. The van der Waals surface area contributed by atoms with Crippen LogP contribution in [0.1, 0.15) is 43.9 Å². The molecule has 7 heteroatoms. The first-order valence-corrected chi connectivity index (χ1v) is 12.9. The van der Waals surface area contributed by atoms with Crippen molar-refractivity contribution in [1.29, 1.82) is 0 Å². The van der Waals surface area contributed by atoms with Crippen molar-refractivity contribution in [1.82, 2.24) is 0 Å². The van der Waals surface area contributed by atoms with Crippen LogP contribution in [-0.4, -0.2) is 30.1 Å². The maximum Gasteiger partial charge on any atom is 0.252 e. The van der Waals surface area contributed by atoms with Gasteiger partial charge in [0.1, 0.15) is 12.6 Å². The number of amides is 2. The number of halogens is 2. The van der Waals surface area contributed by atoms with Gasteiger partial charge in [0, 0.05) is 26.9 Å². The molecule has 0 saturated carbocycles. The van der Waals surface area contributed by atoms with Gasteiger partial charge in [-0.05, 0) is 54.3 Å². The van der Waals surface area contributed by atoms with Gasteiger partial charge in [-0.1, -0.05) is 80.7 Å². The molecule has 0 fully saturated rings. The molecule has 36 heavy (non-hydrogen) atoms. The van der Waals surface area contributed by atoms with E-state index in [1.165, 1.54) is 4.90 Å². The van der Waals surface area contributed by atoms with E-state index in [4.69, 9.17) is 28.2 Å². The van der Waals surface area contributed by atoms with E-state index in [1.54, 1.807) is 24.3 Å². The minimum absolute atomic E-state index is 0.0495. The van der Waals surface area contributed by atoms with E-state index < -0.39 is 6.04 Å². The highest BCUT2D eigenvalue weighted by atomic mass is 35.5. The van der Waals surface area contributed by atoms with E-state index >= 15 is 0 Å². The summed E-state index contributed by atoms with van der Waals surface area (Å²) in [7, 11) is 0. The van der Waals surface area contributed by atoms with E-state index in [2.05, 4.69) is 12.2 Å². The first kappa shape index (κ1) is 25.9. The van der Waals surface area contributed by atoms with Crippen LogP contribution in [0.2, 0.25) is 10.0 Å². The number of nitrogens with one attached hydrogen (secondary N) is 1. The average Bonchev–Trinajstić information content (AvgIpc) is 2.98. The Kier molecular flexibility index (Phi) is 8.12. The quantitative estimate of drug-likeness (QED) is 0.371. The van der Waals surface area contributed by atoms with Crippen LogP contribution in [0.15, 0.2) is 71.7 Å². The molecule has 2 amide bonds. The maximum atomic E-state index is 13.9. The lowest BCUT2D eigenvalue weighted by atomic mass is 9.97. The van der Waals surface area contributed by atoms with Crippen LogP contribution < -0.4 is 10.2 Å². The standard InChI is InChI=1S/C29H29Cl2N3O2/c1-4-18(3)27-29(36)34(17-26(35)32-21-10-8-9-19(5-2)15-21)25-14-13-20(30)16-23(25)28(33-27)22-11-6-7-12-24(22)31/h6-16,18,27H,4-5,17H2,1-3H3,(H,32,35)/t18-,27+/m0/s1. The number of carbonyl (C=O) groups is 2. The Morgan fingerprint density at radius 2 is 1.81 bits per heavy atom. The molecule has 2 atom stereocenters. The van der Waals surface area contributed by atoms with Gasteiger partial charge in [-0.15, -0.1) is 0 Å². The lowest BCUT2D eigenvalue weighted by Crippen LogP contribution is -2.44. The minimum atomic E-state index is -0.677. The van der Waals surface area contributed by atoms with E-state index in [9.17, 15) is 9.59 Å². The molecule has 1 aliphatic rings. The van der Waals surface area contributed by atoms with Gasteiger partial charge in [-0.2, -0.15) is 0 Å². The smallest absolute Gasteiger partial charge is 0.252 e. The molecule has 3 aromatic carbocycles. The molecule has 0 radical (unpaired) electrons. The predicted octanol–water partition coefficient (Wildman–Crippen LogP) is 6.79.